The molecule has 2 N–H and O–H groups in total. The summed E-state index contributed by atoms with van der Waals surface area (Å²) >= 11 is 6.14. The molecule has 0 saturated carbocycles. The van der Waals surface area contributed by atoms with Crippen LogP contribution >= 0.6 is 11.6 Å². The van der Waals surface area contributed by atoms with Crippen molar-refractivity contribution in [3.63, 3.8) is 0 Å². The van der Waals surface area contributed by atoms with Gasteiger partial charge in [0.2, 0.25) is 0 Å². The third-order valence-electron chi connectivity index (χ3n) is 3.43. The van der Waals surface area contributed by atoms with Gasteiger partial charge in [0.25, 0.3) is 0 Å². The van der Waals surface area contributed by atoms with Crippen LogP contribution in [0.15, 0.2) is 18.2 Å². The molecule has 1 aromatic rings. The molecule has 20 heavy (non-hydrogen) atoms. The van der Waals surface area contributed by atoms with Gasteiger partial charge in [-0.15, -0.1) is 0 Å². The summed E-state index contributed by atoms with van der Waals surface area (Å²) in [4.78, 5) is 2.24. The summed E-state index contributed by atoms with van der Waals surface area (Å²) in [7, 11) is 0. The number of aliphatic hydroxyl groups is 1. The smallest absolute Gasteiger partial charge is 0.0980 e. The lowest BCUT2D eigenvalue weighted by atomic mass is 10.1. The molecule has 112 valence electrons. The topological polar surface area (TPSA) is 44.7 Å². The lowest BCUT2D eigenvalue weighted by Gasteiger charge is -2.35. The van der Waals surface area contributed by atoms with Gasteiger partial charge in [0, 0.05) is 36.4 Å². The van der Waals surface area contributed by atoms with E-state index < -0.39 is 0 Å². The standard InChI is InChI=1S/C15H23ClN2O2/c1-11(2)17-8-12-3-4-13(16)7-15(12)18-5-6-20-14(9-18)10-19/h3-4,7,11,14,17,19H,5-6,8-10H2,1-2H3. The number of morpholine rings is 1. The van der Waals surface area contributed by atoms with Crippen molar-refractivity contribution >= 4 is 17.3 Å². The molecule has 1 aliphatic heterocycles. The maximum Gasteiger partial charge on any atom is 0.0980 e. The predicted molar refractivity (Wildman–Crippen MR) is 82.5 cm³/mol. The minimum Gasteiger partial charge on any atom is -0.394 e. The summed E-state index contributed by atoms with van der Waals surface area (Å²) in [6, 6.07) is 6.43. The first-order chi connectivity index (χ1) is 9.60. The molecule has 1 fully saturated rings. The normalized spacial score (nSPS) is 19.6. The summed E-state index contributed by atoms with van der Waals surface area (Å²) in [6.45, 7) is 7.28. The summed E-state index contributed by atoms with van der Waals surface area (Å²) < 4.78 is 5.51. The van der Waals surface area contributed by atoms with Crippen molar-refractivity contribution < 1.29 is 9.84 Å². The number of nitrogens with one attached hydrogen (secondary N) is 1. The number of anilines is 1. The Morgan fingerprint density at radius 1 is 1.50 bits per heavy atom. The Labute approximate surface area is 125 Å². The number of nitrogens with zero attached hydrogens (tertiary/aromatic N) is 1. The lowest BCUT2D eigenvalue weighted by molar-refractivity contribution is 0.00352. The second-order valence-electron chi connectivity index (χ2n) is 5.43. The molecule has 0 aliphatic carbocycles. The summed E-state index contributed by atoms with van der Waals surface area (Å²) in [6.07, 6.45) is -0.117. The Bertz CT molecular complexity index is 440. The first-order valence-corrected chi connectivity index (χ1v) is 7.47. The molecule has 0 bridgehead atoms. The fraction of sp³-hybridized carbons (Fsp3) is 0.600. The average molecular weight is 299 g/mol. The number of aliphatic hydroxyl groups excluding tert-OH is 1. The monoisotopic (exact) mass is 298 g/mol. The van der Waals surface area contributed by atoms with E-state index in [0.717, 1.165) is 23.8 Å². The fourth-order valence-corrected chi connectivity index (χ4v) is 2.51. The van der Waals surface area contributed by atoms with E-state index in [-0.39, 0.29) is 12.7 Å². The molecule has 0 amide bonds. The second-order valence-corrected chi connectivity index (χ2v) is 5.87. The molecule has 4 nitrogen and oxygen atoms in total. The van der Waals surface area contributed by atoms with Crippen LogP contribution in [0.5, 0.6) is 0 Å². The zero-order chi connectivity index (χ0) is 14.5. The van der Waals surface area contributed by atoms with E-state index in [0.29, 0.717) is 19.2 Å². The molecule has 0 radical (unpaired) electrons. The van der Waals surface area contributed by atoms with E-state index >= 15 is 0 Å². The maximum absolute atomic E-state index is 9.27. The van der Waals surface area contributed by atoms with E-state index in [2.05, 4.69) is 30.1 Å². The van der Waals surface area contributed by atoms with Crippen LogP contribution in [0.3, 0.4) is 0 Å². The average Bonchev–Trinajstić information content (AvgIpc) is 2.46. The SMILES string of the molecule is CC(C)NCc1ccc(Cl)cc1N1CCOC(CO)C1. The van der Waals surface area contributed by atoms with E-state index in [1.807, 2.05) is 12.1 Å². The first-order valence-electron chi connectivity index (χ1n) is 7.09. The zero-order valence-electron chi connectivity index (χ0n) is 12.1. The number of hydrogen-bond acceptors (Lipinski definition) is 4. The molecule has 1 atom stereocenters. The van der Waals surface area contributed by atoms with Crippen molar-refractivity contribution in [1.29, 1.82) is 0 Å². The summed E-state index contributed by atoms with van der Waals surface area (Å²) in [5.41, 5.74) is 2.36. The number of benzene rings is 1. The minimum atomic E-state index is -0.117. The molecule has 2 rings (SSSR count). The van der Waals surface area contributed by atoms with E-state index in [9.17, 15) is 5.11 Å². The van der Waals surface area contributed by atoms with Crippen LogP contribution in [-0.2, 0) is 11.3 Å². The molecule has 1 heterocycles. The van der Waals surface area contributed by atoms with E-state index in [1.54, 1.807) is 0 Å². The Morgan fingerprint density at radius 3 is 3.00 bits per heavy atom. The van der Waals surface area contributed by atoms with Crippen molar-refractivity contribution in [2.24, 2.45) is 0 Å². The number of rotatable bonds is 5. The van der Waals surface area contributed by atoms with Gasteiger partial charge in [-0.05, 0) is 17.7 Å². The van der Waals surface area contributed by atoms with Gasteiger partial charge >= 0.3 is 0 Å². The van der Waals surface area contributed by atoms with Crippen LogP contribution < -0.4 is 10.2 Å². The highest BCUT2D eigenvalue weighted by Crippen LogP contribution is 2.26. The summed E-state index contributed by atoms with van der Waals surface area (Å²) in [5.74, 6) is 0. The van der Waals surface area contributed by atoms with Crippen LogP contribution in [-0.4, -0.2) is 43.6 Å². The molecular weight excluding hydrogens is 276 g/mol. The highest BCUT2D eigenvalue weighted by molar-refractivity contribution is 6.30. The van der Waals surface area contributed by atoms with Gasteiger partial charge in [-0.25, -0.2) is 0 Å². The number of ether oxygens (including phenoxy) is 1. The molecular formula is C15H23ClN2O2. The van der Waals surface area contributed by atoms with Gasteiger partial charge in [0.1, 0.15) is 0 Å². The largest absolute Gasteiger partial charge is 0.394 e. The van der Waals surface area contributed by atoms with Crippen molar-refractivity contribution in [1.82, 2.24) is 5.32 Å². The van der Waals surface area contributed by atoms with Gasteiger partial charge in [0.05, 0.1) is 19.3 Å². The zero-order valence-corrected chi connectivity index (χ0v) is 12.9. The molecule has 0 aromatic heterocycles. The first kappa shape index (κ1) is 15.6. The van der Waals surface area contributed by atoms with Crippen LogP contribution in [0, 0.1) is 0 Å². The van der Waals surface area contributed by atoms with Crippen LogP contribution in [0.1, 0.15) is 19.4 Å². The summed E-state index contributed by atoms with van der Waals surface area (Å²) in [5, 5.41) is 13.4. The van der Waals surface area contributed by atoms with Gasteiger partial charge in [-0.3, -0.25) is 0 Å². The molecule has 1 aromatic carbocycles. The number of halogens is 1. The Morgan fingerprint density at radius 2 is 2.30 bits per heavy atom. The molecule has 1 saturated heterocycles. The van der Waals surface area contributed by atoms with E-state index in [4.69, 9.17) is 16.3 Å². The Balaban J connectivity index is 2.17. The van der Waals surface area contributed by atoms with Crippen molar-refractivity contribution in [3.8, 4) is 0 Å². The van der Waals surface area contributed by atoms with E-state index in [1.165, 1.54) is 5.56 Å². The van der Waals surface area contributed by atoms with Crippen molar-refractivity contribution in [2.45, 2.75) is 32.5 Å². The minimum absolute atomic E-state index is 0.0522. The van der Waals surface area contributed by atoms with Crippen LogP contribution in [0.4, 0.5) is 5.69 Å². The molecule has 1 aliphatic rings. The highest BCUT2D eigenvalue weighted by Gasteiger charge is 2.21. The highest BCUT2D eigenvalue weighted by atomic mass is 35.5. The van der Waals surface area contributed by atoms with Gasteiger partial charge in [-0.2, -0.15) is 0 Å². The predicted octanol–water partition coefficient (Wildman–Crippen LogP) is 2.04. The van der Waals surface area contributed by atoms with Crippen LogP contribution in [0.25, 0.3) is 0 Å². The molecule has 5 heteroatoms. The van der Waals surface area contributed by atoms with Gasteiger partial charge < -0.3 is 20.1 Å². The van der Waals surface area contributed by atoms with Crippen molar-refractivity contribution in [2.75, 3.05) is 31.2 Å². The quantitative estimate of drug-likeness (QED) is 0.873. The fourth-order valence-electron chi connectivity index (χ4n) is 2.34. The van der Waals surface area contributed by atoms with Gasteiger partial charge in [-0.1, -0.05) is 31.5 Å². The van der Waals surface area contributed by atoms with Crippen molar-refractivity contribution in [3.05, 3.63) is 28.8 Å². The third-order valence-corrected chi connectivity index (χ3v) is 3.67. The molecule has 1 unspecified atom stereocenters. The third kappa shape index (κ3) is 4.09. The number of hydrogen-bond donors (Lipinski definition) is 2. The van der Waals surface area contributed by atoms with Gasteiger partial charge in [0.15, 0.2) is 0 Å². The Hall–Kier alpha value is -0.810. The lowest BCUT2D eigenvalue weighted by Crippen LogP contribution is -2.44. The molecule has 0 spiro atoms. The second kappa shape index (κ2) is 7.27. The Kier molecular flexibility index (Phi) is 5.66. The maximum atomic E-state index is 9.27. The van der Waals surface area contributed by atoms with Crippen LogP contribution in [0.2, 0.25) is 5.02 Å².